The van der Waals surface area contributed by atoms with Crippen molar-refractivity contribution in [2.75, 3.05) is 0 Å². The van der Waals surface area contributed by atoms with Gasteiger partial charge in [0.25, 0.3) is 0 Å². The Bertz CT molecular complexity index is 31.9. The van der Waals surface area contributed by atoms with Crippen LogP contribution in [0.25, 0.3) is 0 Å². The maximum absolute atomic E-state index is 4.65. The summed E-state index contributed by atoms with van der Waals surface area (Å²) in [5.74, 6) is 0. The molecule has 2 heteroatoms. The van der Waals surface area contributed by atoms with Crippen LogP contribution in [0.15, 0.2) is 0 Å². The van der Waals surface area contributed by atoms with Crippen LogP contribution >= 0.6 is 0 Å². The average Bonchev–Trinajstić information content (AvgIpc) is 1.38. The molecule has 5 heavy (non-hydrogen) atoms. The van der Waals surface area contributed by atoms with Gasteiger partial charge in [-0.25, -0.2) is 0 Å². The van der Waals surface area contributed by atoms with Crippen LogP contribution in [0.1, 0.15) is 13.8 Å². The minimum atomic E-state index is 0.671. The molecular weight excluding hydrogens is 100 g/mol. The fourth-order valence-corrected chi connectivity index (χ4v) is 0. The maximum Gasteiger partial charge on any atom is 0.000865 e. The second-order valence-electron chi connectivity index (χ2n) is 1.20. The first-order valence-electron chi connectivity index (χ1n) is 1.60. The Labute approximate surface area is 41.2 Å². The normalized spacial score (nSPS) is 9.40. The minimum Gasteiger partial charge on any atom is -0.133 e. The zero-order valence-corrected chi connectivity index (χ0v) is 5.14. The maximum atomic E-state index is 4.65. The van der Waals surface area contributed by atoms with Gasteiger partial charge in [-0.1, -0.05) is 25.0 Å². The van der Waals surface area contributed by atoms with E-state index in [0.29, 0.717) is 5.25 Å². The van der Waals surface area contributed by atoms with E-state index in [9.17, 15) is 0 Å². The molecule has 0 aliphatic heterocycles. The SMILES string of the molecule is CC(C)[SH]=S. The summed E-state index contributed by atoms with van der Waals surface area (Å²) in [5.41, 5.74) is 0. The van der Waals surface area contributed by atoms with Crippen LogP contribution in [-0.4, -0.2) is 5.25 Å². The molecule has 0 nitrogen and oxygen atoms in total. The summed E-state index contributed by atoms with van der Waals surface area (Å²) in [7, 11) is 1.08. The zero-order valence-electron chi connectivity index (χ0n) is 3.43. The number of rotatable bonds is 1. The van der Waals surface area contributed by atoms with Gasteiger partial charge in [0, 0.05) is 5.25 Å². The quantitative estimate of drug-likeness (QED) is 0.482. The van der Waals surface area contributed by atoms with Gasteiger partial charge in [0.15, 0.2) is 0 Å². The topological polar surface area (TPSA) is 0 Å². The van der Waals surface area contributed by atoms with Crippen LogP contribution in [0.2, 0.25) is 0 Å². The standard InChI is InChI=1S/C3H8S2/c1-3(2)5-4/h3,5H,1-2H3. The molecule has 0 aromatic carbocycles. The first-order valence-corrected chi connectivity index (χ1v) is 3.57. The van der Waals surface area contributed by atoms with E-state index in [-0.39, 0.29) is 0 Å². The Morgan fingerprint density at radius 1 is 1.60 bits per heavy atom. The first kappa shape index (κ1) is 5.57. The Kier molecular flexibility index (Phi) is 3.11. The molecule has 0 aromatic heterocycles. The highest BCUT2D eigenvalue weighted by atomic mass is 32.8. The lowest BCUT2D eigenvalue weighted by molar-refractivity contribution is 1.12. The van der Waals surface area contributed by atoms with Gasteiger partial charge in [-0.2, -0.15) is 0 Å². The van der Waals surface area contributed by atoms with Gasteiger partial charge in [-0.15, -0.1) is 10.3 Å². The summed E-state index contributed by atoms with van der Waals surface area (Å²) in [6.45, 7) is 4.21. The molecule has 0 unspecified atom stereocenters. The number of hydrogen-bond acceptors (Lipinski definition) is 1. The van der Waals surface area contributed by atoms with Crippen LogP contribution < -0.4 is 0 Å². The van der Waals surface area contributed by atoms with Gasteiger partial charge >= 0.3 is 0 Å². The van der Waals surface area contributed by atoms with Crippen LogP contribution in [0.4, 0.5) is 0 Å². The highest BCUT2D eigenvalue weighted by Gasteiger charge is 1.74. The van der Waals surface area contributed by atoms with E-state index in [1.165, 1.54) is 0 Å². The fourth-order valence-electron chi connectivity index (χ4n) is 0. The lowest BCUT2D eigenvalue weighted by Crippen LogP contribution is -1.85. The van der Waals surface area contributed by atoms with Crippen molar-refractivity contribution in [3.63, 3.8) is 0 Å². The third kappa shape index (κ3) is 4.57. The lowest BCUT2D eigenvalue weighted by Gasteiger charge is -1.83. The second-order valence-corrected chi connectivity index (χ2v) is 3.08. The molecular formula is C3H8S2. The molecule has 0 aliphatic rings. The molecule has 0 saturated heterocycles. The summed E-state index contributed by atoms with van der Waals surface area (Å²) in [5, 5.41) is 0.671. The van der Waals surface area contributed by atoms with E-state index in [0.717, 1.165) is 10.3 Å². The van der Waals surface area contributed by atoms with Gasteiger partial charge in [0.05, 0.1) is 0 Å². The average molecular weight is 108 g/mol. The molecule has 0 N–H and O–H groups in total. The Hall–Kier alpha value is 0.570. The predicted molar refractivity (Wildman–Crippen MR) is 31.3 cm³/mol. The summed E-state index contributed by atoms with van der Waals surface area (Å²) in [4.78, 5) is 0. The first-order chi connectivity index (χ1) is 2.27. The van der Waals surface area contributed by atoms with Crippen molar-refractivity contribution in [3.8, 4) is 0 Å². The fraction of sp³-hybridized carbons (Fsp3) is 1.00. The second kappa shape index (κ2) is 2.79. The van der Waals surface area contributed by atoms with Crippen molar-refractivity contribution in [2.45, 2.75) is 19.1 Å². The summed E-state index contributed by atoms with van der Waals surface area (Å²) < 4.78 is 0. The van der Waals surface area contributed by atoms with Crippen LogP contribution in [0, 0.1) is 0 Å². The molecule has 0 atom stereocenters. The molecule has 0 heterocycles. The van der Waals surface area contributed by atoms with Gasteiger partial charge in [-0.05, 0) is 0 Å². The highest BCUT2D eigenvalue weighted by molar-refractivity contribution is 8.18. The van der Waals surface area contributed by atoms with Crippen molar-refractivity contribution in [2.24, 2.45) is 0 Å². The van der Waals surface area contributed by atoms with Crippen molar-refractivity contribution >= 4 is 21.5 Å². The molecule has 0 radical (unpaired) electrons. The van der Waals surface area contributed by atoms with Crippen molar-refractivity contribution in [1.29, 1.82) is 0 Å². The monoisotopic (exact) mass is 108 g/mol. The number of thiol groups is 1. The molecule has 0 saturated carbocycles. The number of hydrogen-bond donors (Lipinski definition) is 1. The molecule has 0 rings (SSSR count). The van der Waals surface area contributed by atoms with E-state index in [1.54, 1.807) is 0 Å². The summed E-state index contributed by atoms with van der Waals surface area (Å²) in [6.07, 6.45) is 0. The lowest BCUT2D eigenvalue weighted by atomic mass is 10.6. The molecule has 0 amide bonds. The molecule has 0 fully saturated rings. The van der Waals surface area contributed by atoms with Crippen LogP contribution in [0.3, 0.4) is 0 Å². The Morgan fingerprint density at radius 3 is 1.80 bits per heavy atom. The van der Waals surface area contributed by atoms with E-state index in [4.69, 9.17) is 0 Å². The van der Waals surface area contributed by atoms with Gasteiger partial charge in [0.1, 0.15) is 0 Å². The van der Waals surface area contributed by atoms with Crippen LogP contribution in [-0.2, 0) is 21.5 Å². The Balaban J connectivity index is 2.83. The summed E-state index contributed by atoms with van der Waals surface area (Å²) in [6, 6.07) is 0. The van der Waals surface area contributed by atoms with Gasteiger partial charge in [0.2, 0.25) is 0 Å². The van der Waals surface area contributed by atoms with Crippen molar-refractivity contribution in [3.05, 3.63) is 0 Å². The zero-order chi connectivity index (χ0) is 4.28. The molecule has 32 valence electrons. The Morgan fingerprint density at radius 2 is 1.80 bits per heavy atom. The highest BCUT2D eigenvalue weighted by Crippen LogP contribution is 1.74. The van der Waals surface area contributed by atoms with Crippen molar-refractivity contribution in [1.82, 2.24) is 0 Å². The van der Waals surface area contributed by atoms with E-state index < -0.39 is 0 Å². The predicted octanol–water partition coefficient (Wildman–Crippen LogP) is 0.672. The van der Waals surface area contributed by atoms with Gasteiger partial charge < -0.3 is 0 Å². The molecule has 0 spiro atoms. The van der Waals surface area contributed by atoms with Gasteiger partial charge in [-0.3, -0.25) is 0 Å². The molecule has 0 bridgehead atoms. The van der Waals surface area contributed by atoms with Crippen LogP contribution in [0.5, 0.6) is 0 Å². The smallest absolute Gasteiger partial charge is 0.000865 e. The van der Waals surface area contributed by atoms with Crippen molar-refractivity contribution < 1.29 is 0 Å². The molecule has 0 aliphatic carbocycles. The van der Waals surface area contributed by atoms with E-state index in [1.807, 2.05) is 0 Å². The van der Waals surface area contributed by atoms with E-state index >= 15 is 0 Å². The van der Waals surface area contributed by atoms with E-state index in [2.05, 4.69) is 25.0 Å². The summed E-state index contributed by atoms with van der Waals surface area (Å²) >= 11 is 4.65. The third-order valence-corrected chi connectivity index (χ3v) is 1.90. The minimum absolute atomic E-state index is 0.671. The molecule has 0 aromatic rings. The third-order valence-electron chi connectivity index (χ3n) is 0.211. The largest absolute Gasteiger partial charge is 0.133 e.